The van der Waals surface area contributed by atoms with Crippen LogP contribution in [0.3, 0.4) is 0 Å². The average Bonchev–Trinajstić information content (AvgIpc) is 2.88. The first kappa shape index (κ1) is 24.8. The van der Waals surface area contributed by atoms with Crippen LogP contribution in [0, 0.1) is 0 Å². The highest BCUT2D eigenvalue weighted by Crippen LogP contribution is 2.35. The summed E-state index contributed by atoms with van der Waals surface area (Å²) in [4.78, 5) is 27.1. The Morgan fingerprint density at radius 2 is 1.91 bits per heavy atom. The minimum atomic E-state index is -0.449. The predicted octanol–water partition coefficient (Wildman–Crippen LogP) is 3.84. The Balaban J connectivity index is 1.56. The third kappa shape index (κ3) is 6.43. The van der Waals surface area contributed by atoms with Crippen molar-refractivity contribution in [1.82, 2.24) is 14.9 Å². The molecule has 2 N–H and O–H groups in total. The molecule has 1 saturated heterocycles. The highest BCUT2D eigenvalue weighted by atomic mass is 32.2. The molecule has 9 heteroatoms. The van der Waals surface area contributed by atoms with Crippen LogP contribution in [0.4, 0.5) is 5.95 Å². The van der Waals surface area contributed by atoms with Gasteiger partial charge >= 0.3 is 0 Å². The number of nitrogens with zero attached hydrogens (tertiary/aromatic N) is 4. The molecule has 1 fully saturated rings. The number of amides is 1. The van der Waals surface area contributed by atoms with Crippen LogP contribution < -0.4 is 20.1 Å². The molecule has 35 heavy (non-hydrogen) atoms. The Hall–Kier alpha value is -3.30. The molecule has 3 aromatic rings. The maximum Gasteiger partial charge on any atom is 0.248 e. The van der Waals surface area contributed by atoms with E-state index in [9.17, 15) is 4.79 Å². The molecule has 0 bridgehead atoms. The lowest BCUT2D eigenvalue weighted by Gasteiger charge is -2.35. The highest BCUT2D eigenvalue weighted by molar-refractivity contribution is 7.99. The van der Waals surface area contributed by atoms with Gasteiger partial charge in [0.05, 0.1) is 18.2 Å². The van der Waals surface area contributed by atoms with E-state index in [1.807, 2.05) is 42.6 Å². The number of hydrogen-bond donors (Lipinski definition) is 1. The molecule has 0 saturated carbocycles. The van der Waals surface area contributed by atoms with Crippen molar-refractivity contribution in [3.05, 3.63) is 65.9 Å². The standard InChI is InChI=1S/C26H31N5O3S/c1-30(2)20-11-13-31(14-12-20)26-28-16-23(35-22-9-7-19(8-10-22)24(27)32)25(29-26)34-17-18-5-4-6-21(15-18)33-3/h4-10,15-16,20H,11-14,17H2,1-3H3,(H2,27,32). The second-order valence-corrected chi connectivity index (χ2v) is 9.77. The minimum absolute atomic E-state index is 0.352. The molecule has 184 valence electrons. The second kappa shape index (κ2) is 11.4. The number of anilines is 1. The van der Waals surface area contributed by atoms with Gasteiger partial charge in [-0.05, 0) is 68.9 Å². The summed E-state index contributed by atoms with van der Waals surface area (Å²) >= 11 is 1.49. The number of primary amides is 1. The Bertz CT molecular complexity index is 1150. The normalized spacial score (nSPS) is 14.2. The SMILES string of the molecule is COc1cccc(COc2nc(N3CCC(N(C)C)CC3)ncc2Sc2ccc(C(N)=O)cc2)c1. The fourth-order valence-corrected chi connectivity index (χ4v) is 4.81. The molecule has 0 radical (unpaired) electrons. The molecule has 0 atom stereocenters. The summed E-state index contributed by atoms with van der Waals surface area (Å²) in [6, 6.07) is 15.5. The Kier molecular flexibility index (Phi) is 8.09. The molecule has 0 aliphatic carbocycles. The van der Waals surface area contributed by atoms with Gasteiger partial charge in [0.2, 0.25) is 17.7 Å². The average molecular weight is 494 g/mol. The lowest BCUT2D eigenvalue weighted by Crippen LogP contribution is -2.42. The van der Waals surface area contributed by atoms with Gasteiger partial charge in [-0.3, -0.25) is 4.79 Å². The number of hydrogen-bond acceptors (Lipinski definition) is 8. The zero-order valence-electron chi connectivity index (χ0n) is 20.3. The van der Waals surface area contributed by atoms with Gasteiger partial charge in [-0.1, -0.05) is 23.9 Å². The molecule has 1 aliphatic rings. The third-order valence-corrected chi connectivity index (χ3v) is 7.07. The van der Waals surface area contributed by atoms with Crippen LogP contribution in [0.25, 0.3) is 0 Å². The summed E-state index contributed by atoms with van der Waals surface area (Å²) in [5, 5.41) is 0. The molecule has 8 nitrogen and oxygen atoms in total. The van der Waals surface area contributed by atoms with Crippen LogP contribution >= 0.6 is 11.8 Å². The van der Waals surface area contributed by atoms with Crippen molar-refractivity contribution in [3.8, 4) is 11.6 Å². The summed E-state index contributed by atoms with van der Waals surface area (Å²) in [5.74, 6) is 1.53. The van der Waals surface area contributed by atoms with Crippen LogP contribution in [0.1, 0.15) is 28.8 Å². The maximum atomic E-state index is 11.4. The number of methoxy groups -OCH3 is 1. The van der Waals surface area contributed by atoms with E-state index in [4.69, 9.17) is 20.2 Å². The Morgan fingerprint density at radius 3 is 2.57 bits per heavy atom. The van der Waals surface area contributed by atoms with Crippen molar-refractivity contribution in [3.63, 3.8) is 0 Å². The van der Waals surface area contributed by atoms with E-state index < -0.39 is 5.91 Å². The number of benzene rings is 2. The van der Waals surface area contributed by atoms with E-state index >= 15 is 0 Å². The molecule has 1 amide bonds. The first-order valence-electron chi connectivity index (χ1n) is 11.5. The molecular formula is C26H31N5O3S. The molecule has 1 aromatic heterocycles. The quantitative estimate of drug-likeness (QED) is 0.481. The van der Waals surface area contributed by atoms with Crippen LogP contribution in [-0.4, -0.2) is 61.1 Å². The molecular weight excluding hydrogens is 462 g/mol. The molecule has 0 unspecified atom stereocenters. The van der Waals surface area contributed by atoms with Crippen molar-refractivity contribution < 1.29 is 14.3 Å². The molecule has 0 spiro atoms. The summed E-state index contributed by atoms with van der Waals surface area (Å²) < 4.78 is 11.5. The van der Waals surface area contributed by atoms with Gasteiger partial charge < -0.3 is 25.0 Å². The summed E-state index contributed by atoms with van der Waals surface area (Å²) in [6.45, 7) is 2.16. The Morgan fingerprint density at radius 1 is 1.17 bits per heavy atom. The van der Waals surface area contributed by atoms with E-state index in [1.54, 1.807) is 19.2 Å². The topological polar surface area (TPSA) is 93.8 Å². The monoisotopic (exact) mass is 493 g/mol. The fraction of sp³-hybridized carbons (Fsp3) is 0.346. The van der Waals surface area contributed by atoms with Gasteiger partial charge in [0.1, 0.15) is 12.4 Å². The van der Waals surface area contributed by atoms with Gasteiger partial charge in [0.15, 0.2) is 0 Å². The second-order valence-electron chi connectivity index (χ2n) is 8.65. The van der Waals surface area contributed by atoms with Crippen molar-refractivity contribution in [2.24, 2.45) is 5.73 Å². The lowest BCUT2D eigenvalue weighted by atomic mass is 10.0. The number of piperidine rings is 1. The Labute approximate surface area is 210 Å². The van der Waals surface area contributed by atoms with Crippen LogP contribution in [0.15, 0.2) is 64.5 Å². The molecule has 4 rings (SSSR count). The first-order chi connectivity index (χ1) is 16.9. The van der Waals surface area contributed by atoms with Gasteiger partial charge in [-0.2, -0.15) is 4.98 Å². The van der Waals surface area contributed by atoms with Crippen LogP contribution in [0.2, 0.25) is 0 Å². The summed E-state index contributed by atoms with van der Waals surface area (Å²) in [6.07, 6.45) is 3.95. The number of ether oxygens (including phenoxy) is 2. The fourth-order valence-electron chi connectivity index (χ4n) is 3.98. The summed E-state index contributed by atoms with van der Waals surface area (Å²) in [5.41, 5.74) is 6.82. The van der Waals surface area contributed by atoms with Crippen molar-refractivity contribution in [1.29, 1.82) is 0 Å². The van der Waals surface area contributed by atoms with E-state index in [1.165, 1.54) is 11.8 Å². The molecule has 2 heterocycles. The zero-order valence-corrected chi connectivity index (χ0v) is 21.1. The predicted molar refractivity (Wildman–Crippen MR) is 137 cm³/mol. The highest BCUT2D eigenvalue weighted by Gasteiger charge is 2.23. The van der Waals surface area contributed by atoms with E-state index in [0.29, 0.717) is 30.0 Å². The number of nitrogens with two attached hydrogens (primary N) is 1. The van der Waals surface area contributed by atoms with Crippen molar-refractivity contribution >= 4 is 23.6 Å². The number of rotatable bonds is 9. The van der Waals surface area contributed by atoms with Gasteiger partial charge in [0, 0.05) is 29.6 Å². The summed E-state index contributed by atoms with van der Waals surface area (Å²) in [7, 11) is 5.90. The third-order valence-electron chi connectivity index (χ3n) is 6.06. The lowest BCUT2D eigenvalue weighted by molar-refractivity contribution is 0.1000. The van der Waals surface area contributed by atoms with Crippen LogP contribution in [-0.2, 0) is 6.61 Å². The first-order valence-corrected chi connectivity index (χ1v) is 12.4. The minimum Gasteiger partial charge on any atom is -0.497 e. The molecule has 2 aromatic carbocycles. The number of carbonyl (C=O) groups is 1. The van der Waals surface area contributed by atoms with E-state index in [0.717, 1.165) is 47.0 Å². The van der Waals surface area contributed by atoms with Crippen molar-refractivity contribution in [2.75, 3.05) is 39.2 Å². The van der Waals surface area contributed by atoms with Gasteiger partial charge in [-0.25, -0.2) is 4.98 Å². The van der Waals surface area contributed by atoms with Gasteiger partial charge in [-0.15, -0.1) is 0 Å². The zero-order chi connectivity index (χ0) is 24.8. The molecule has 1 aliphatic heterocycles. The van der Waals surface area contributed by atoms with Crippen LogP contribution in [0.5, 0.6) is 11.6 Å². The van der Waals surface area contributed by atoms with E-state index in [-0.39, 0.29) is 0 Å². The number of carbonyl (C=O) groups excluding carboxylic acids is 1. The number of aromatic nitrogens is 2. The van der Waals surface area contributed by atoms with E-state index in [2.05, 4.69) is 28.9 Å². The maximum absolute atomic E-state index is 11.4. The smallest absolute Gasteiger partial charge is 0.248 e. The van der Waals surface area contributed by atoms with Gasteiger partial charge in [0.25, 0.3) is 0 Å². The largest absolute Gasteiger partial charge is 0.497 e. The van der Waals surface area contributed by atoms with Crippen molar-refractivity contribution in [2.45, 2.75) is 35.3 Å².